The van der Waals surface area contributed by atoms with Gasteiger partial charge < -0.3 is 19.8 Å². The van der Waals surface area contributed by atoms with Crippen LogP contribution in [0, 0.1) is 0 Å². The first-order chi connectivity index (χ1) is 15.2. The number of carbonyl (C=O) groups excluding carboxylic acids is 1. The fourth-order valence-electron chi connectivity index (χ4n) is 3.86. The molecule has 3 aromatic carbocycles. The Morgan fingerprint density at radius 2 is 1.77 bits per heavy atom. The summed E-state index contributed by atoms with van der Waals surface area (Å²) in [4.78, 5) is 16.3. The van der Waals surface area contributed by atoms with Crippen molar-refractivity contribution in [2.45, 2.75) is 12.8 Å². The molecule has 0 radical (unpaired) electrons. The maximum absolute atomic E-state index is 13.0. The first-order valence-corrected chi connectivity index (χ1v) is 10.4. The Morgan fingerprint density at radius 3 is 2.55 bits per heavy atom. The molecule has 5 heteroatoms. The quantitative estimate of drug-likeness (QED) is 0.420. The molecule has 1 heterocycles. The number of carbonyl (C=O) groups is 1. The Kier molecular flexibility index (Phi) is 6.22. The first kappa shape index (κ1) is 20.5. The summed E-state index contributed by atoms with van der Waals surface area (Å²) in [5.41, 5.74) is 3.93. The van der Waals surface area contributed by atoms with E-state index in [9.17, 15) is 4.79 Å². The molecule has 158 valence electrons. The number of nitrogens with one attached hydrogen (secondary N) is 2. The molecule has 0 fully saturated rings. The van der Waals surface area contributed by atoms with Gasteiger partial charge >= 0.3 is 0 Å². The van der Waals surface area contributed by atoms with Crippen molar-refractivity contribution in [1.29, 1.82) is 0 Å². The van der Waals surface area contributed by atoms with Crippen molar-refractivity contribution in [3.63, 3.8) is 0 Å². The normalized spacial score (nSPS) is 11.8. The van der Waals surface area contributed by atoms with Gasteiger partial charge in [-0.15, -0.1) is 0 Å². The van der Waals surface area contributed by atoms with E-state index in [4.69, 9.17) is 9.47 Å². The Hall–Kier alpha value is -3.73. The molecule has 1 atom stereocenters. The van der Waals surface area contributed by atoms with Crippen LogP contribution in [0.25, 0.3) is 10.9 Å². The average molecular weight is 415 g/mol. The highest BCUT2D eigenvalue weighted by Gasteiger charge is 2.20. The van der Waals surface area contributed by atoms with Crippen molar-refractivity contribution in [3.8, 4) is 11.5 Å². The van der Waals surface area contributed by atoms with E-state index in [1.165, 1.54) is 0 Å². The highest BCUT2D eigenvalue weighted by Crippen LogP contribution is 2.31. The zero-order chi connectivity index (χ0) is 21.6. The third kappa shape index (κ3) is 4.40. The van der Waals surface area contributed by atoms with E-state index in [1.54, 1.807) is 25.3 Å². The summed E-state index contributed by atoms with van der Waals surface area (Å²) in [5, 5.41) is 4.27. The molecule has 1 aromatic heterocycles. The third-order valence-corrected chi connectivity index (χ3v) is 5.39. The number of ether oxygens (including phenoxy) is 2. The molecule has 1 unspecified atom stereocenters. The highest BCUT2D eigenvalue weighted by molar-refractivity contribution is 5.95. The SMILES string of the molecule is CCOc1cc(C(=O)NCC(c2ccccc2)c2c[nH]c3ccccc23)ccc1OC. The van der Waals surface area contributed by atoms with E-state index in [0.717, 1.165) is 22.0 Å². The Bertz CT molecular complexity index is 1170. The minimum atomic E-state index is -0.149. The number of aromatic nitrogens is 1. The topological polar surface area (TPSA) is 63.3 Å². The zero-order valence-electron chi connectivity index (χ0n) is 17.7. The number of hydrogen-bond acceptors (Lipinski definition) is 3. The van der Waals surface area contributed by atoms with E-state index in [0.29, 0.717) is 30.2 Å². The predicted octanol–water partition coefficient (Wildman–Crippen LogP) is 5.14. The fourth-order valence-corrected chi connectivity index (χ4v) is 3.86. The number of rotatable bonds is 8. The molecule has 0 aliphatic rings. The second-order valence-electron chi connectivity index (χ2n) is 7.26. The number of fused-ring (bicyclic) bond motifs is 1. The number of benzene rings is 3. The van der Waals surface area contributed by atoms with Crippen LogP contribution in [0.2, 0.25) is 0 Å². The van der Waals surface area contributed by atoms with Gasteiger partial charge in [-0.25, -0.2) is 0 Å². The van der Waals surface area contributed by atoms with E-state index >= 15 is 0 Å². The lowest BCUT2D eigenvalue weighted by Crippen LogP contribution is -2.29. The average Bonchev–Trinajstić information content (AvgIpc) is 3.24. The Balaban J connectivity index is 1.60. The molecular formula is C26H26N2O3. The number of aromatic amines is 1. The maximum atomic E-state index is 13.0. The minimum Gasteiger partial charge on any atom is -0.493 e. The van der Waals surface area contributed by atoms with Crippen LogP contribution >= 0.6 is 0 Å². The standard InChI is InChI=1S/C26H26N2O3/c1-3-31-25-15-19(13-14-24(25)30-2)26(29)28-16-21(18-9-5-4-6-10-18)22-17-27-23-12-8-7-11-20(22)23/h4-15,17,21,27H,3,16H2,1-2H3,(H,28,29). The van der Waals surface area contributed by atoms with Gasteiger partial charge in [-0.05, 0) is 42.3 Å². The molecule has 0 saturated heterocycles. The van der Waals surface area contributed by atoms with Gasteiger partial charge in [0.15, 0.2) is 11.5 Å². The van der Waals surface area contributed by atoms with Crippen molar-refractivity contribution in [2.75, 3.05) is 20.3 Å². The summed E-state index contributed by atoms with van der Waals surface area (Å²) in [6.07, 6.45) is 2.04. The Morgan fingerprint density at radius 1 is 1.00 bits per heavy atom. The molecule has 0 saturated carbocycles. The molecule has 0 aliphatic carbocycles. The highest BCUT2D eigenvalue weighted by atomic mass is 16.5. The maximum Gasteiger partial charge on any atom is 0.251 e. The van der Waals surface area contributed by atoms with Gasteiger partial charge in [0, 0.05) is 35.1 Å². The fraction of sp³-hybridized carbons (Fsp3) is 0.192. The Labute approximate surface area is 182 Å². The van der Waals surface area contributed by atoms with Crippen LogP contribution in [0.15, 0.2) is 79.0 Å². The van der Waals surface area contributed by atoms with E-state index in [1.807, 2.05) is 43.5 Å². The second kappa shape index (κ2) is 9.39. The van der Waals surface area contributed by atoms with Crippen molar-refractivity contribution in [1.82, 2.24) is 10.3 Å². The number of H-pyrrole nitrogens is 1. The summed E-state index contributed by atoms with van der Waals surface area (Å²) < 4.78 is 10.9. The second-order valence-corrected chi connectivity index (χ2v) is 7.26. The van der Waals surface area contributed by atoms with Crippen LogP contribution in [0.3, 0.4) is 0 Å². The first-order valence-electron chi connectivity index (χ1n) is 10.4. The van der Waals surface area contributed by atoms with Crippen LogP contribution in [0.1, 0.15) is 34.3 Å². The molecule has 2 N–H and O–H groups in total. The van der Waals surface area contributed by atoms with Crippen molar-refractivity contribution >= 4 is 16.8 Å². The minimum absolute atomic E-state index is 0.0194. The molecule has 4 rings (SSSR count). The van der Waals surface area contributed by atoms with Crippen LogP contribution in [-0.4, -0.2) is 31.2 Å². The summed E-state index contributed by atoms with van der Waals surface area (Å²) in [7, 11) is 1.59. The van der Waals surface area contributed by atoms with Crippen molar-refractivity contribution < 1.29 is 14.3 Å². The number of para-hydroxylation sites is 1. The van der Waals surface area contributed by atoms with Gasteiger partial charge in [-0.1, -0.05) is 48.5 Å². The molecule has 0 bridgehead atoms. The summed E-state index contributed by atoms with van der Waals surface area (Å²) in [6, 6.07) is 23.7. The molecule has 0 spiro atoms. The lowest BCUT2D eigenvalue weighted by atomic mass is 9.91. The van der Waals surface area contributed by atoms with Crippen LogP contribution in [0.5, 0.6) is 11.5 Å². The third-order valence-electron chi connectivity index (χ3n) is 5.39. The van der Waals surface area contributed by atoms with E-state index < -0.39 is 0 Å². The molecule has 5 nitrogen and oxygen atoms in total. The largest absolute Gasteiger partial charge is 0.493 e. The van der Waals surface area contributed by atoms with Gasteiger partial charge in [0.05, 0.1) is 13.7 Å². The van der Waals surface area contributed by atoms with Crippen LogP contribution in [0.4, 0.5) is 0 Å². The number of hydrogen-bond donors (Lipinski definition) is 2. The smallest absolute Gasteiger partial charge is 0.251 e. The number of methoxy groups -OCH3 is 1. The van der Waals surface area contributed by atoms with E-state index in [2.05, 4.69) is 34.6 Å². The summed E-state index contributed by atoms with van der Waals surface area (Å²) >= 11 is 0. The monoisotopic (exact) mass is 414 g/mol. The van der Waals surface area contributed by atoms with Crippen LogP contribution in [-0.2, 0) is 0 Å². The van der Waals surface area contributed by atoms with E-state index in [-0.39, 0.29) is 11.8 Å². The molecule has 0 aliphatic heterocycles. The predicted molar refractivity (Wildman–Crippen MR) is 123 cm³/mol. The van der Waals surface area contributed by atoms with Gasteiger partial charge in [0.2, 0.25) is 0 Å². The van der Waals surface area contributed by atoms with Gasteiger partial charge in [-0.2, -0.15) is 0 Å². The molecule has 4 aromatic rings. The lowest BCUT2D eigenvalue weighted by Gasteiger charge is -2.18. The van der Waals surface area contributed by atoms with Gasteiger partial charge in [-0.3, -0.25) is 4.79 Å². The lowest BCUT2D eigenvalue weighted by molar-refractivity contribution is 0.0952. The molecule has 1 amide bonds. The number of amides is 1. The summed E-state index contributed by atoms with van der Waals surface area (Å²) in [5.74, 6) is 1.04. The van der Waals surface area contributed by atoms with Crippen LogP contribution < -0.4 is 14.8 Å². The van der Waals surface area contributed by atoms with Crippen molar-refractivity contribution in [3.05, 3.63) is 95.7 Å². The van der Waals surface area contributed by atoms with Gasteiger partial charge in [0.25, 0.3) is 5.91 Å². The molecular weight excluding hydrogens is 388 g/mol. The molecule has 31 heavy (non-hydrogen) atoms. The zero-order valence-corrected chi connectivity index (χ0v) is 17.7. The van der Waals surface area contributed by atoms with Gasteiger partial charge in [0.1, 0.15) is 0 Å². The summed E-state index contributed by atoms with van der Waals surface area (Å²) in [6.45, 7) is 2.87. The van der Waals surface area contributed by atoms with Crippen molar-refractivity contribution in [2.24, 2.45) is 0 Å².